The lowest BCUT2D eigenvalue weighted by molar-refractivity contribution is -0.115. The number of rotatable bonds is 5. The lowest BCUT2D eigenvalue weighted by Crippen LogP contribution is -2.29. The summed E-state index contributed by atoms with van der Waals surface area (Å²) in [6.45, 7) is 10.7. The number of hydrogen-bond donors (Lipinski definition) is 2. The third-order valence-corrected chi connectivity index (χ3v) is 4.52. The van der Waals surface area contributed by atoms with Crippen LogP contribution in [0.25, 0.3) is 0 Å². The van der Waals surface area contributed by atoms with E-state index in [1.807, 2.05) is 0 Å². The number of carbonyl (C=O) groups is 3. The first-order chi connectivity index (χ1) is 15.3. The molecule has 3 rings (SSSR count). The molecule has 1 aromatic heterocycles. The summed E-state index contributed by atoms with van der Waals surface area (Å²) in [4.78, 5) is 37.1. The quantitative estimate of drug-likeness (QED) is 0.650. The fraction of sp³-hybridized carbons (Fsp3) is 0.500. The fourth-order valence-electron chi connectivity index (χ4n) is 3.01. The number of carbonyl (C=O) groups excluding carboxylic acids is 3. The molecule has 1 aliphatic carbocycles. The number of aromatic nitrogens is 2. The number of amides is 2. The Morgan fingerprint density at radius 1 is 0.970 bits per heavy atom. The number of ether oxygens (including phenoxy) is 2. The van der Waals surface area contributed by atoms with Crippen molar-refractivity contribution in [2.75, 3.05) is 10.6 Å². The van der Waals surface area contributed by atoms with Crippen LogP contribution in [0, 0.1) is 0 Å². The molecule has 2 amide bonds. The first-order valence-electron chi connectivity index (χ1n) is 11.0. The molecule has 0 saturated heterocycles. The Kier molecular flexibility index (Phi) is 6.81. The summed E-state index contributed by atoms with van der Waals surface area (Å²) in [6, 6.07) is 8.61. The predicted octanol–water partition coefficient (Wildman–Crippen LogP) is 5.07. The van der Waals surface area contributed by atoms with Gasteiger partial charge in [0, 0.05) is 17.7 Å². The van der Waals surface area contributed by atoms with E-state index in [9.17, 15) is 14.4 Å². The largest absolute Gasteiger partial charge is 0.444 e. The number of nitrogens with one attached hydrogen (secondary N) is 2. The minimum absolute atomic E-state index is 0.0883. The average molecular weight is 457 g/mol. The zero-order valence-electron chi connectivity index (χ0n) is 20.0. The van der Waals surface area contributed by atoms with Crippen LogP contribution in [-0.2, 0) is 20.7 Å². The molecule has 0 bridgehead atoms. The van der Waals surface area contributed by atoms with Gasteiger partial charge in [-0.05, 0) is 72.1 Å². The van der Waals surface area contributed by atoms with Crippen LogP contribution in [0.5, 0.6) is 0 Å². The lowest BCUT2D eigenvalue weighted by Gasteiger charge is -2.20. The van der Waals surface area contributed by atoms with E-state index >= 15 is 0 Å². The lowest BCUT2D eigenvalue weighted by atomic mass is 10.1. The van der Waals surface area contributed by atoms with Gasteiger partial charge in [-0.25, -0.2) is 9.59 Å². The molecular weight excluding hydrogens is 424 g/mol. The van der Waals surface area contributed by atoms with E-state index in [2.05, 4.69) is 15.7 Å². The Balaban J connectivity index is 1.63. The number of anilines is 2. The van der Waals surface area contributed by atoms with Crippen LogP contribution in [-0.4, -0.2) is 39.1 Å². The monoisotopic (exact) mass is 456 g/mol. The molecular formula is C24H32N4O5. The van der Waals surface area contributed by atoms with Crippen LogP contribution in [0.1, 0.15) is 71.6 Å². The van der Waals surface area contributed by atoms with E-state index < -0.39 is 23.4 Å². The van der Waals surface area contributed by atoms with Crippen molar-refractivity contribution in [2.45, 2.75) is 77.9 Å². The summed E-state index contributed by atoms with van der Waals surface area (Å²) >= 11 is 0. The van der Waals surface area contributed by atoms with Crippen molar-refractivity contribution in [3.05, 3.63) is 41.6 Å². The summed E-state index contributed by atoms with van der Waals surface area (Å²) in [6.07, 6.45) is 0.938. The van der Waals surface area contributed by atoms with Crippen molar-refractivity contribution in [3.8, 4) is 0 Å². The molecule has 0 atom stereocenters. The molecule has 1 aliphatic rings. The highest BCUT2D eigenvalue weighted by molar-refractivity contribution is 5.93. The molecule has 9 nitrogen and oxygen atoms in total. The van der Waals surface area contributed by atoms with E-state index in [0.29, 0.717) is 17.4 Å². The normalized spacial score (nSPS) is 13.9. The third kappa shape index (κ3) is 7.62. The Hall–Kier alpha value is -3.36. The van der Waals surface area contributed by atoms with Crippen LogP contribution in [0.15, 0.2) is 30.3 Å². The number of hydrogen-bond acceptors (Lipinski definition) is 6. The standard InChI is InChI=1S/C24H32N4O5/c1-23(2,3)32-21(30)25-17-11-7-15(8-12-17)13-20(29)26-19-14-18(16-9-10-16)27-28(19)22(31)33-24(4,5)6/h7-8,11-12,14,16H,9-10,13H2,1-6H3,(H,25,30)(H,26,29). The first-order valence-corrected chi connectivity index (χ1v) is 11.0. The molecule has 2 aromatic rings. The molecule has 0 unspecified atom stereocenters. The molecule has 33 heavy (non-hydrogen) atoms. The highest BCUT2D eigenvalue weighted by Gasteiger charge is 2.30. The third-order valence-electron chi connectivity index (χ3n) is 4.52. The number of nitrogens with zero attached hydrogens (tertiary/aromatic N) is 2. The molecule has 9 heteroatoms. The van der Waals surface area contributed by atoms with Gasteiger partial charge in [0.15, 0.2) is 0 Å². The molecule has 0 spiro atoms. The molecule has 1 fully saturated rings. The SMILES string of the molecule is CC(C)(C)OC(=O)Nc1ccc(CC(=O)Nc2cc(C3CC3)nn2C(=O)OC(C)(C)C)cc1. The van der Waals surface area contributed by atoms with Gasteiger partial charge in [0.1, 0.15) is 17.0 Å². The van der Waals surface area contributed by atoms with Crippen molar-refractivity contribution in [1.82, 2.24) is 9.78 Å². The van der Waals surface area contributed by atoms with E-state index in [0.717, 1.165) is 28.8 Å². The summed E-state index contributed by atoms with van der Waals surface area (Å²) < 4.78 is 11.8. The average Bonchev–Trinajstić information content (AvgIpc) is 3.41. The highest BCUT2D eigenvalue weighted by Crippen LogP contribution is 2.40. The minimum atomic E-state index is -0.681. The second-order valence-corrected chi connectivity index (χ2v) is 10.2. The van der Waals surface area contributed by atoms with Crippen LogP contribution in [0.3, 0.4) is 0 Å². The Morgan fingerprint density at radius 3 is 2.12 bits per heavy atom. The molecule has 1 heterocycles. The molecule has 0 radical (unpaired) electrons. The highest BCUT2D eigenvalue weighted by atomic mass is 16.6. The van der Waals surface area contributed by atoms with Gasteiger partial charge in [-0.1, -0.05) is 12.1 Å². The fourth-order valence-corrected chi connectivity index (χ4v) is 3.01. The molecule has 1 aromatic carbocycles. The maximum absolute atomic E-state index is 12.7. The Labute approximate surface area is 193 Å². The van der Waals surface area contributed by atoms with Crippen LogP contribution in [0.4, 0.5) is 21.1 Å². The van der Waals surface area contributed by atoms with Crippen LogP contribution in [0.2, 0.25) is 0 Å². The molecule has 1 saturated carbocycles. The summed E-state index contributed by atoms with van der Waals surface area (Å²) in [7, 11) is 0. The van der Waals surface area contributed by atoms with Crippen LogP contribution < -0.4 is 10.6 Å². The van der Waals surface area contributed by atoms with E-state index in [1.165, 1.54) is 0 Å². The van der Waals surface area contributed by atoms with E-state index in [1.54, 1.807) is 71.9 Å². The van der Waals surface area contributed by atoms with Gasteiger partial charge >= 0.3 is 12.2 Å². The maximum atomic E-state index is 12.7. The van der Waals surface area contributed by atoms with Crippen molar-refractivity contribution >= 4 is 29.6 Å². The van der Waals surface area contributed by atoms with Crippen molar-refractivity contribution in [1.29, 1.82) is 0 Å². The zero-order chi connectivity index (χ0) is 24.4. The van der Waals surface area contributed by atoms with Gasteiger partial charge in [-0.15, -0.1) is 4.68 Å². The second-order valence-electron chi connectivity index (χ2n) is 10.2. The van der Waals surface area contributed by atoms with Gasteiger partial charge in [-0.2, -0.15) is 5.10 Å². The van der Waals surface area contributed by atoms with Gasteiger partial charge in [0.2, 0.25) is 5.91 Å². The number of benzene rings is 1. The van der Waals surface area contributed by atoms with Crippen molar-refractivity contribution in [2.24, 2.45) is 0 Å². The van der Waals surface area contributed by atoms with Crippen molar-refractivity contribution < 1.29 is 23.9 Å². The predicted molar refractivity (Wildman–Crippen MR) is 124 cm³/mol. The minimum Gasteiger partial charge on any atom is -0.444 e. The van der Waals surface area contributed by atoms with E-state index in [-0.39, 0.29) is 12.3 Å². The zero-order valence-corrected chi connectivity index (χ0v) is 20.0. The topological polar surface area (TPSA) is 112 Å². The smallest absolute Gasteiger partial charge is 0.437 e. The first kappa shape index (κ1) is 24.3. The summed E-state index contributed by atoms with van der Waals surface area (Å²) in [5.74, 6) is 0.309. The van der Waals surface area contributed by atoms with Gasteiger partial charge < -0.3 is 14.8 Å². The van der Waals surface area contributed by atoms with E-state index in [4.69, 9.17) is 9.47 Å². The Bertz CT molecular complexity index is 1020. The summed E-state index contributed by atoms with van der Waals surface area (Å²) in [5.41, 5.74) is 0.805. The second kappa shape index (κ2) is 9.25. The van der Waals surface area contributed by atoms with Gasteiger partial charge in [0.25, 0.3) is 0 Å². The molecule has 178 valence electrons. The Morgan fingerprint density at radius 2 is 1.58 bits per heavy atom. The van der Waals surface area contributed by atoms with Gasteiger partial charge in [-0.3, -0.25) is 10.1 Å². The maximum Gasteiger partial charge on any atom is 0.437 e. The van der Waals surface area contributed by atoms with Crippen molar-refractivity contribution in [3.63, 3.8) is 0 Å². The van der Waals surface area contributed by atoms with Crippen LogP contribution >= 0.6 is 0 Å². The molecule has 0 aliphatic heterocycles. The summed E-state index contributed by atoms with van der Waals surface area (Å²) in [5, 5.41) is 9.78. The molecule has 2 N–H and O–H groups in total. The van der Waals surface area contributed by atoms with Gasteiger partial charge in [0.05, 0.1) is 12.1 Å².